The number of alkyl carbamates (subject to hydrolysis) is 1. The van der Waals surface area contributed by atoms with Crippen LogP contribution in [0.1, 0.15) is 68.3 Å². The van der Waals surface area contributed by atoms with E-state index < -0.39 is 48.5 Å². The van der Waals surface area contributed by atoms with Gasteiger partial charge >= 0.3 is 18.0 Å². The Balaban J connectivity index is 2.04. The van der Waals surface area contributed by atoms with Gasteiger partial charge in [0.25, 0.3) is 0 Å². The van der Waals surface area contributed by atoms with Gasteiger partial charge in [0.05, 0.1) is 13.2 Å². The van der Waals surface area contributed by atoms with Gasteiger partial charge in [-0.2, -0.15) is 0 Å². The Morgan fingerprint density at radius 1 is 0.809 bits per heavy atom. The van der Waals surface area contributed by atoms with Crippen molar-refractivity contribution in [1.29, 1.82) is 0 Å². The van der Waals surface area contributed by atoms with Crippen LogP contribution in [0.15, 0.2) is 59.1 Å². The molecule has 0 aliphatic carbocycles. The zero-order valence-electron chi connectivity index (χ0n) is 26.6. The summed E-state index contributed by atoms with van der Waals surface area (Å²) < 4.78 is 16.4. The molecule has 0 spiro atoms. The van der Waals surface area contributed by atoms with Gasteiger partial charge in [0, 0.05) is 22.2 Å². The van der Waals surface area contributed by atoms with Crippen LogP contribution in [0.4, 0.5) is 4.79 Å². The van der Waals surface area contributed by atoms with Crippen molar-refractivity contribution >= 4 is 62.7 Å². The van der Waals surface area contributed by atoms with E-state index in [9.17, 15) is 28.8 Å². The normalized spacial score (nSPS) is 11.8. The highest BCUT2D eigenvalue weighted by molar-refractivity contribution is 9.10. The number of rotatable bonds is 20. The van der Waals surface area contributed by atoms with Crippen LogP contribution in [-0.2, 0) is 40.0 Å². The summed E-state index contributed by atoms with van der Waals surface area (Å²) in [7, 11) is 0. The first-order chi connectivity index (χ1) is 22.6. The van der Waals surface area contributed by atoms with E-state index in [1.807, 2.05) is 19.9 Å². The summed E-state index contributed by atoms with van der Waals surface area (Å²) in [6, 6.07) is 13.2. The van der Waals surface area contributed by atoms with Crippen LogP contribution < -0.4 is 16.0 Å². The molecule has 2 unspecified atom stereocenters. The molecule has 256 valence electrons. The van der Waals surface area contributed by atoms with E-state index in [0.29, 0.717) is 18.4 Å². The standard InChI is InChI=1S/C33H42BrN3O9S/c1-3-5-18-44-29(39)20-35-30(40)27(22-47-32(42)24-12-14-25(34)15-13-24)36-28(38)17-16-26(31(41)45-19-6-4-2)37-33(43)46-21-23-10-8-7-9-11-23/h7-15,26-27H,3-6,16-22H2,1-2H3,(H,35,40)(H,36,38)(H,37,43). The molecular formula is C33H42BrN3O9S. The second-order valence-corrected chi connectivity index (χ2v) is 12.2. The number of halogens is 1. The molecule has 2 rings (SSSR count). The minimum absolute atomic E-state index is 0.0235. The minimum atomic E-state index is -1.20. The quantitative estimate of drug-likeness (QED) is 0.0987. The molecule has 0 heterocycles. The minimum Gasteiger partial charge on any atom is -0.464 e. The fourth-order valence-corrected chi connectivity index (χ4v) is 4.91. The van der Waals surface area contributed by atoms with Crippen molar-refractivity contribution in [2.75, 3.05) is 25.5 Å². The van der Waals surface area contributed by atoms with E-state index in [1.165, 1.54) is 0 Å². The number of hydrogen-bond acceptors (Lipinski definition) is 10. The van der Waals surface area contributed by atoms with Gasteiger partial charge < -0.3 is 30.2 Å². The van der Waals surface area contributed by atoms with Gasteiger partial charge in [-0.1, -0.05) is 84.7 Å². The van der Waals surface area contributed by atoms with Crippen molar-refractivity contribution in [1.82, 2.24) is 16.0 Å². The van der Waals surface area contributed by atoms with Gasteiger partial charge in [0.1, 0.15) is 25.2 Å². The van der Waals surface area contributed by atoms with E-state index in [0.717, 1.165) is 34.6 Å². The van der Waals surface area contributed by atoms with Crippen molar-refractivity contribution in [3.05, 3.63) is 70.2 Å². The van der Waals surface area contributed by atoms with Gasteiger partial charge in [-0.3, -0.25) is 19.2 Å². The first-order valence-corrected chi connectivity index (χ1v) is 17.2. The fraction of sp³-hybridized carbons (Fsp3) is 0.455. The molecule has 14 heteroatoms. The molecule has 0 aliphatic rings. The van der Waals surface area contributed by atoms with Crippen LogP contribution in [0.25, 0.3) is 0 Å². The summed E-state index contributed by atoms with van der Waals surface area (Å²) in [4.78, 5) is 76.1. The van der Waals surface area contributed by atoms with Gasteiger partial charge in [-0.15, -0.1) is 0 Å². The molecule has 0 fully saturated rings. The Kier molecular flexibility index (Phi) is 18.9. The Bertz CT molecular complexity index is 1310. The number of unbranched alkanes of at least 4 members (excludes halogenated alkanes) is 2. The maximum atomic E-state index is 13.0. The maximum absolute atomic E-state index is 13.0. The lowest BCUT2D eigenvalue weighted by Gasteiger charge is -2.20. The van der Waals surface area contributed by atoms with Crippen LogP contribution >= 0.6 is 27.7 Å². The number of ether oxygens (including phenoxy) is 3. The number of carbonyl (C=O) groups excluding carboxylic acids is 6. The van der Waals surface area contributed by atoms with Crippen molar-refractivity contribution in [3.8, 4) is 0 Å². The predicted molar refractivity (Wildman–Crippen MR) is 180 cm³/mol. The van der Waals surface area contributed by atoms with Crippen molar-refractivity contribution in [2.45, 2.75) is 71.1 Å². The summed E-state index contributed by atoms with van der Waals surface area (Å²) >= 11 is 4.14. The molecule has 2 atom stereocenters. The molecule has 0 saturated heterocycles. The highest BCUT2D eigenvalue weighted by Gasteiger charge is 2.27. The highest BCUT2D eigenvalue weighted by atomic mass is 79.9. The molecule has 3 amide bonds. The van der Waals surface area contributed by atoms with E-state index in [2.05, 4.69) is 31.9 Å². The second-order valence-electron chi connectivity index (χ2n) is 10.3. The molecule has 47 heavy (non-hydrogen) atoms. The maximum Gasteiger partial charge on any atom is 0.408 e. The second kappa shape index (κ2) is 22.6. The summed E-state index contributed by atoms with van der Waals surface area (Å²) in [6.45, 7) is 3.80. The number of amides is 3. The lowest BCUT2D eigenvalue weighted by molar-refractivity contribution is -0.146. The van der Waals surface area contributed by atoms with E-state index in [4.69, 9.17) is 14.2 Å². The average molecular weight is 737 g/mol. The molecule has 2 aromatic carbocycles. The number of esters is 2. The SMILES string of the molecule is CCCCOC(=O)CNC(=O)C(CSC(=O)c1ccc(Br)cc1)NC(=O)CCC(NC(=O)OCc1ccccc1)C(=O)OCCCC. The molecule has 0 radical (unpaired) electrons. The van der Waals surface area contributed by atoms with Crippen molar-refractivity contribution in [2.24, 2.45) is 0 Å². The van der Waals surface area contributed by atoms with E-state index >= 15 is 0 Å². The molecular weight excluding hydrogens is 694 g/mol. The predicted octanol–water partition coefficient (Wildman–Crippen LogP) is 4.69. The zero-order chi connectivity index (χ0) is 34.4. The lowest BCUT2D eigenvalue weighted by Crippen LogP contribution is -2.50. The third-order valence-corrected chi connectivity index (χ3v) is 8.00. The first kappa shape index (κ1) is 39.3. The van der Waals surface area contributed by atoms with Gasteiger partial charge in [0.15, 0.2) is 0 Å². The Hall–Kier alpha value is -3.91. The lowest BCUT2D eigenvalue weighted by atomic mass is 10.1. The first-order valence-electron chi connectivity index (χ1n) is 15.4. The molecule has 3 N–H and O–H groups in total. The monoisotopic (exact) mass is 735 g/mol. The van der Waals surface area contributed by atoms with Crippen molar-refractivity contribution < 1.29 is 43.0 Å². The smallest absolute Gasteiger partial charge is 0.408 e. The van der Waals surface area contributed by atoms with Crippen LogP contribution in [0, 0.1) is 0 Å². The van der Waals surface area contributed by atoms with Crippen LogP contribution in [0.2, 0.25) is 0 Å². The number of nitrogens with one attached hydrogen (secondary N) is 3. The van der Waals surface area contributed by atoms with E-state index in [-0.39, 0.29) is 43.5 Å². The molecule has 0 saturated carbocycles. The summed E-state index contributed by atoms with van der Waals surface area (Å²) in [6.07, 6.45) is 1.63. The summed E-state index contributed by atoms with van der Waals surface area (Å²) in [5, 5.41) is 7.16. The number of thioether (sulfide) groups is 1. The molecule has 0 aliphatic heterocycles. The highest BCUT2D eigenvalue weighted by Crippen LogP contribution is 2.17. The Morgan fingerprint density at radius 3 is 2.13 bits per heavy atom. The van der Waals surface area contributed by atoms with Gasteiger partial charge in [-0.25, -0.2) is 9.59 Å². The van der Waals surface area contributed by atoms with Crippen molar-refractivity contribution in [3.63, 3.8) is 0 Å². The Labute approximate surface area is 287 Å². The Morgan fingerprint density at radius 2 is 1.47 bits per heavy atom. The topological polar surface area (TPSA) is 166 Å². The fourth-order valence-electron chi connectivity index (χ4n) is 3.79. The van der Waals surface area contributed by atoms with Crippen LogP contribution in [-0.4, -0.2) is 72.6 Å². The average Bonchev–Trinajstić information content (AvgIpc) is 3.07. The number of hydrogen-bond donors (Lipinski definition) is 3. The van der Waals surface area contributed by atoms with Crippen LogP contribution in [0.3, 0.4) is 0 Å². The third-order valence-electron chi connectivity index (χ3n) is 6.47. The van der Waals surface area contributed by atoms with Gasteiger partial charge in [0.2, 0.25) is 16.9 Å². The molecule has 12 nitrogen and oxygen atoms in total. The molecule has 0 bridgehead atoms. The largest absolute Gasteiger partial charge is 0.464 e. The van der Waals surface area contributed by atoms with Crippen LogP contribution in [0.5, 0.6) is 0 Å². The summed E-state index contributed by atoms with van der Waals surface area (Å²) in [5.41, 5.74) is 1.15. The van der Waals surface area contributed by atoms with Gasteiger partial charge in [-0.05, 0) is 49.1 Å². The number of carbonyl (C=O) groups is 6. The summed E-state index contributed by atoms with van der Waals surface area (Å²) in [5.74, 6) is -2.82. The van der Waals surface area contributed by atoms with E-state index in [1.54, 1.807) is 48.5 Å². The molecule has 0 aromatic heterocycles. The molecule has 2 aromatic rings. The third kappa shape index (κ3) is 16.5. The number of benzene rings is 2. The zero-order valence-corrected chi connectivity index (χ0v) is 29.0.